The lowest BCUT2D eigenvalue weighted by atomic mass is 10.1. The molecule has 1 aliphatic rings. The number of hydrogen-bond acceptors (Lipinski definition) is 3. The molecule has 0 spiro atoms. The van der Waals surface area contributed by atoms with Gasteiger partial charge in [0, 0.05) is 42.2 Å². The second kappa shape index (κ2) is 6.82. The molecule has 7 heteroatoms. The second-order valence-electron chi connectivity index (χ2n) is 5.99. The summed E-state index contributed by atoms with van der Waals surface area (Å²) in [5, 5.41) is 4.76. The minimum Gasteiger partial charge on any atom is -0.357 e. The van der Waals surface area contributed by atoms with Crippen LogP contribution in [0.15, 0.2) is 29.4 Å². The number of hydrazone groups is 1. The van der Waals surface area contributed by atoms with Gasteiger partial charge in [0.25, 0.3) is 0 Å². The summed E-state index contributed by atoms with van der Waals surface area (Å²) in [7, 11) is 1.73. The van der Waals surface area contributed by atoms with E-state index < -0.39 is 0 Å². The van der Waals surface area contributed by atoms with Crippen LogP contribution in [0.4, 0.5) is 4.39 Å². The van der Waals surface area contributed by atoms with Crippen molar-refractivity contribution in [3.05, 3.63) is 35.8 Å². The van der Waals surface area contributed by atoms with Crippen LogP contribution in [-0.4, -0.2) is 34.5 Å². The standard InChI is InChI=1S/C17H19FN4O2/c1-22(17(24)7-4-13-3-6-16(23)21-20-13)10-14-9-11-8-12(18)2-5-15(11)19-14/h2,5,8-9,19H,3-4,6-7,10H2,1H3,(H,21,23). The average molecular weight is 330 g/mol. The summed E-state index contributed by atoms with van der Waals surface area (Å²) in [4.78, 5) is 28.1. The van der Waals surface area contributed by atoms with Crippen molar-refractivity contribution in [1.29, 1.82) is 0 Å². The van der Waals surface area contributed by atoms with Gasteiger partial charge in [0.05, 0.1) is 6.54 Å². The van der Waals surface area contributed by atoms with Gasteiger partial charge < -0.3 is 9.88 Å². The first-order chi connectivity index (χ1) is 11.5. The number of H-pyrrole nitrogens is 1. The van der Waals surface area contributed by atoms with Crippen LogP contribution in [0.2, 0.25) is 0 Å². The van der Waals surface area contributed by atoms with Crippen molar-refractivity contribution in [3.63, 3.8) is 0 Å². The van der Waals surface area contributed by atoms with Gasteiger partial charge in [-0.05, 0) is 37.1 Å². The number of halogens is 1. The van der Waals surface area contributed by atoms with E-state index in [2.05, 4.69) is 15.5 Å². The number of aromatic amines is 1. The van der Waals surface area contributed by atoms with Crippen LogP contribution in [0.25, 0.3) is 10.9 Å². The molecule has 6 nitrogen and oxygen atoms in total. The Hall–Kier alpha value is -2.70. The van der Waals surface area contributed by atoms with Crippen LogP contribution in [0.3, 0.4) is 0 Å². The van der Waals surface area contributed by atoms with Crippen molar-refractivity contribution in [2.75, 3.05) is 7.05 Å². The molecule has 2 amide bonds. The summed E-state index contributed by atoms with van der Waals surface area (Å²) in [6.07, 6.45) is 1.92. The van der Waals surface area contributed by atoms with Crippen molar-refractivity contribution in [2.45, 2.75) is 32.2 Å². The molecule has 1 aromatic heterocycles. The van der Waals surface area contributed by atoms with Gasteiger partial charge in [0.2, 0.25) is 11.8 Å². The first-order valence-corrected chi connectivity index (χ1v) is 7.86. The number of nitrogens with zero attached hydrogens (tertiary/aromatic N) is 2. The number of aromatic nitrogens is 1. The maximum absolute atomic E-state index is 13.2. The fraction of sp³-hybridized carbons (Fsp3) is 0.353. The monoisotopic (exact) mass is 330 g/mol. The fourth-order valence-electron chi connectivity index (χ4n) is 2.73. The zero-order valence-electron chi connectivity index (χ0n) is 13.4. The highest BCUT2D eigenvalue weighted by Crippen LogP contribution is 2.18. The van der Waals surface area contributed by atoms with E-state index in [1.165, 1.54) is 12.1 Å². The van der Waals surface area contributed by atoms with E-state index in [0.29, 0.717) is 32.2 Å². The summed E-state index contributed by atoms with van der Waals surface area (Å²) in [5.74, 6) is -0.366. The van der Waals surface area contributed by atoms with E-state index in [1.54, 1.807) is 18.0 Å². The molecule has 3 rings (SSSR count). The predicted octanol–water partition coefficient (Wildman–Crippen LogP) is 2.31. The van der Waals surface area contributed by atoms with Crippen molar-refractivity contribution < 1.29 is 14.0 Å². The zero-order valence-corrected chi connectivity index (χ0v) is 13.4. The molecule has 0 bridgehead atoms. The normalized spacial score (nSPS) is 14.4. The molecule has 1 aliphatic heterocycles. The first-order valence-electron chi connectivity index (χ1n) is 7.86. The van der Waals surface area contributed by atoms with E-state index in [9.17, 15) is 14.0 Å². The number of amides is 2. The molecule has 0 radical (unpaired) electrons. The highest BCUT2D eigenvalue weighted by molar-refractivity contribution is 5.94. The van der Waals surface area contributed by atoms with Crippen molar-refractivity contribution in [2.24, 2.45) is 5.10 Å². The summed E-state index contributed by atoms with van der Waals surface area (Å²) in [5.41, 5.74) is 4.98. The van der Waals surface area contributed by atoms with Crippen LogP contribution < -0.4 is 5.43 Å². The van der Waals surface area contributed by atoms with E-state index in [1.807, 2.05) is 6.07 Å². The fourth-order valence-corrected chi connectivity index (χ4v) is 2.73. The van der Waals surface area contributed by atoms with Gasteiger partial charge in [-0.1, -0.05) is 0 Å². The highest BCUT2D eigenvalue weighted by Gasteiger charge is 2.15. The number of carbonyl (C=O) groups is 2. The highest BCUT2D eigenvalue weighted by atomic mass is 19.1. The number of benzene rings is 1. The summed E-state index contributed by atoms with van der Waals surface area (Å²) in [6, 6.07) is 6.41. The van der Waals surface area contributed by atoms with Gasteiger partial charge in [-0.15, -0.1) is 0 Å². The van der Waals surface area contributed by atoms with Crippen molar-refractivity contribution >= 4 is 28.4 Å². The maximum atomic E-state index is 13.2. The molecule has 2 N–H and O–H groups in total. The third kappa shape index (κ3) is 3.79. The Morgan fingerprint density at radius 3 is 2.92 bits per heavy atom. The van der Waals surface area contributed by atoms with Gasteiger partial charge in [0.15, 0.2) is 0 Å². The quantitative estimate of drug-likeness (QED) is 0.882. The largest absolute Gasteiger partial charge is 0.357 e. The number of nitrogens with one attached hydrogen (secondary N) is 2. The molecule has 2 aromatic rings. The third-order valence-electron chi connectivity index (χ3n) is 4.08. The van der Waals surface area contributed by atoms with Crippen LogP contribution in [-0.2, 0) is 16.1 Å². The first kappa shape index (κ1) is 16.2. The van der Waals surface area contributed by atoms with Crippen LogP contribution in [0.5, 0.6) is 0 Å². The van der Waals surface area contributed by atoms with Gasteiger partial charge in [-0.3, -0.25) is 9.59 Å². The summed E-state index contributed by atoms with van der Waals surface area (Å²) >= 11 is 0. The molecule has 0 fully saturated rings. The molecule has 0 unspecified atom stereocenters. The van der Waals surface area contributed by atoms with Gasteiger partial charge in [-0.2, -0.15) is 5.10 Å². The Morgan fingerprint density at radius 1 is 1.33 bits per heavy atom. The Kier molecular flexibility index (Phi) is 4.59. The molecular weight excluding hydrogens is 311 g/mol. The number of carbonyl (C=O) groups excluding carboxylic acids is 2. The lowest BCUT2D eigenvalue weighted by Gasteiger charge is -2.17. The molecule has 0 aliphatic carbocycles. The third-order valence-corrected chi connectivity index (χ3v) is 4.08. The Balaban J connectivity index is 1.56. The van der Waals surface area contributed by atoms with Crippen LogP contribution in [0, 0.1) is 5.82 Å². The number of hydrogen-bond donors (Lipinski definition) is 2. The number of fused-ring (bicyclic) bond motifs is 1. The average Bonchev–Trinajstić information content (AvgIpc) is 2.95. The number of rotatable bonds is 5. The van der Waals surface area contributed by atoms with E-state index in [0.717, 1.165) is 22.3 Å². The van der Waals surface area contributed by atoms with Gasteiger partial charge in [0.1, 0.15) is 5.82 Å². The predicted molar refractivity (Wildman–Crippen MR) is 88.8 cm³/mol. The Bertz CT molecular complexity index is 812. The van der Waals surface area contributed by atoms with Crippen LogP contribution >= 0.6 is 0 Å². The van der Waals surface area contributed by atoms with Gasteiger partial charge in [-0.25, -0.2) is 9.82 Å². The Labute approximate surface area is 138 Å². The lowest BCUT2D eigenvalue weighted by molar-refractivity contribution is -0.130. The molecule has 126 valence electrons. The van der Waals surface area contributed by atoms with Crippen molar-refractivity contribution in [3.8, 4) is 0 Å². The topological polar surface area (TPSA) is 77.6 Å². The molecular formula is C17H19FN4O2. The van der Waals surface area contributed by atoms with E-state index in [4.69, 9.17) is 0 Å². The van der Waals surface area contributed by atoms with E-state index >= 15 is 0 Å². The molecule has 24 heavy (non-hydrogen) atoms. The van der Waals surface area contributed by atoms with Crippen molar-refractivity contribution in [1.82, 2.24) is 15.3 Å². The minimum absolute atomic E-state index is 0.000522. The van der Waals surface area contributed by atoms with E-state index in [-0.39, 0.29) is 17.6 Å². The maximum Gasteiger partial charge on any atom is 0.240 e. The second-order valence-corrected chi connectivity index (χ2v) is 5.99. The molecule has 1 aromatic carbocycles. The van der Waals surface area contributed by atoms with Crippen LogP contribution in [0.1, 0.15) is 31.4 Å². The molecule has 0 saturated heterocycles. The molecule has 0 atom stereocenters. The summed E-state index contributed by atoms with van der Waals surface area (Å²) in [6.45, 7) is 0.429. The Morgan fingerprint density at radius 2 is 2.17 bits per heavy atom. The minimum atomic E-state index is -0.280. The molecule has 0 saturated carbocycles. The molecule has 2 heterocycles. The smallest absolute Gasteiger partial charge is 0.240 e. The lowest BCUT2D eigenvalue weighted by Crippen LogP contribution is -2.29. The summed E-state index contributed by atoms with van der Waals surface area (Å²) < 4.78 is 13.2. The zero-order chi connectivity index (χ0) is 17.1. The van der Waals surface area contributed by atoms with Gasteiger partial charge >= 0.3 is 0 Å². The SMILES string of the molecule is CN(Cc1cc2cc(F)ccc2[nH]1)C(=O)CCC1=NNC(=O)CC1.